The Kier molecular flexibility index (Phi) is 4.16. The molecule has 82 valence electrons. The van der Waals surface area contributed by atoms with Crippen molar-refractivity contribution in [2.24, 2.45) is 0 Å². The Labute approximate surface area is 95.9 Å². The second-order valence-electron chi connectivity index (χ2n) is 2.91. The summed E-state index contributed by atoms with van der Waals surface area (Å²) in [6, 6.07) is 4.66. The number of pyridine rings is 1. The fraction of sp³-hybridized carbons (Fsp3) is 0.300. The van der Waals surface area contributed by atoms with Crippen LogP contribution in [0, 0.1) is 22.7 Å². The summed E-state index contributed by atoms with van der Waals surface area (Å²) in [6.45, 7) is 0. The molecule has 0 atom stereocenters. The zero-order chi connectivity index (χ0) is 12.1. The predicted octanol–water partition coefficient (Wildman–Crippen LogP) is 2.70. The molecule has 0 N–H and O–H groups in total. The highest BCUT2D eigenvalue weighted by Gasteiger charge is 2.16. The molecule has 0 fully saturated rings. The van der Waals surface area contributed by atoms with Crippen LogP contribution in [0.25, 0.3) is 0 Å². The van der Waals surface area contributed by atoms with Gasteiger partial charge in [0.15, 0.2) is 0 Å². The summed E-state index contributed by atoms with van der Waals surface area (Å²) in [7, 11) is 0. The molecule has 0 aliphatic carbocycles. The molecule has 1 aromatic heterocycles. The first-order valence-corrected chi connectivity index (χ1v) is 4.81. The van der Waals surface area contributed by atoms with E-state index in [4.69, 9.17) is 22.1 Å². The summed E-state index contributed by atoms with van der Waals surface area (Å²) < 4.78 is 24.9. The molecule has 0 saturated heterocycles. The summed E-state index contributed by atoms with van der Waals surface area (Å²) in [5, 5.41) is 17.3. The minimum atomic E-state index is -2.77. The average Bonchev–Trinajstić information content (AvgIpc) is 2.28. The number of rotatable bonds is 3. The van der Waals surface area contributed by atoms with Crippen LogP contribution >= 0.6 is 11.6 Å². The van der Waals surface area contributed by atoms with Crippen molar-refractivity contribution in [1.82, 2.24) is 4.98 Å². The lowest BCUT2D eigenvalue weighted by Crippen LogP contribution is -2.03. The van der Waals surface area contributed by atoms with Crippen molar-refractivity contribution in [3.63, 3.8) is 0 Å². The SMILES string of the molecule is N#CCc1cc(C(F)F)nc(C#N)c1CCl. The number of hydrogen-bond donors (Lipinski definition) is 0. The molecule has 0 bridgehead atoms. The molecule has 16 heavy (non-hydrogen) atoms. The second-order valence-corrected chi connectivity index (χ2v) is 3.18. The molecule has 1 rings (SSSR count). The van der Waals surface area contributed by atoms with E-state index in [1.807, 2.05) is 6.07 Å². The van der Waals surface area contributed by atoms with Gasteiger partial charge in [-0.1, -0.05) is 0 Å². The molecule has 0 saturated carbocycles. The van der Waals surface area contributed by atoms with Crippen LogP contribution in [0.5, 0.6) is 0 Å². The van der Waals surface area contributed by atoms with Crippen molar-refractivity contribution in [1.29, 1.82) is 10.5 Å². The number of halogens is 3. The molecule has 0 amide bonds. The van der Waals surface area contributed by atoms with Crippen LogP contribution in [-0.2, 0) is 12.3 Å². The summed E-state index contributed by atoms with van der Waals surface area (Å²) in [4.78, 5) is 3.50. The van der Waals surface area contributed by atoms with E-state index >= 15 is 0 Å². The Morgan fingerprint density at radius 3 is 2.56 bits per heavy atom. The first kappa shape index (κ1) is 12.4. The highest BCUT2D eigenvalue weighted by Crippen LogP contribution is 2.23. The van der Waals surface area contributed by atoms with Crippen LogP contribution in [0.15, 0.2) is 6.07 Å². The number of nitrogens with zero attached hydrogens (tertiary/aromatic N) is 3. The minimum absolute atomic E-state index is 0.0313. The maximum absolute atomic E-state index is 12.5. The predicted molar refractivity (Wildman–Crippen MR) is 52.8 cm³/mol. The van der Waals surface area contributed by atoms with Gasteiger partial charge in [0, 0.05) is 5.56 Å². The van der Waals surface area contributed by atoms with Gasteiger partial charge in [-0.3, -0.25) is 0 Å². The largest absolute Gasteiger partial charge is 0.280 e. The lowest BCUT2D eigenvalue weighted by Gasteiger charge is -2.08. The Hall–Kier alpha value is -1.72. The normalized spacial score (nSPS) is 9.88. The van der Waals surface area contributed by atoms with E-state index in [1.165, 1.54) is 0 Å². The molecular formula is C10H6ClF2N3. The van der Waals surface area contributed by atoms with Crippen LogP contribution in [0.3, 0.4) is 0 Å². The third-order valence-corrected chi connectivity index (χ3v) is 2.24. The third-order valence-electron chi connectivity index (χ3n) is 1.97. The molecule has 3 nitrogen and oxygen atoms in total. The highest BCUT2D eigenvalue weighted by atomic mass is 35.5. The summed E-state index contributed by atoms with van der Waals surface area (Å²) in [5.74, 6) is -0.0313. The zero-order valence-electron chi connectivity index (χ0n) is 8.04. The molecular weight excluding hydrogens is 236 g/mol. The average molecular weight is 242 g/mol. The lowest BCUT2D eigenvalue weighted by molar-refractivity contribution is 0.146. The molecule has 6 heteroatoms. The summed E-state index contributed by atoms with van der Waals surface area (Å²) >= 11 is 5.60. The number of aromatic nitrogens is 1. The van der Waals surface area contributed by atoms with Crippen LogP contribution in [0.4, 0.5) is 8.78 Å². The summed E-state index contributed by atoms with van der Waals surface area (Å²) in [6.07, 6.45) is -2.84. The van der Waals surface area contributed by atoms with E-state index in [2.05, 4.69) is 4.98 Å². The van der Waals surface area contributed by atoms with Crippen molar-refractivity contribution in [2.45, 2.75) is 18.7 Å². The van der Waals surface area contributed by atoms with Crippen molar-refractivity contribution >= 4 is 11.6 Å². The van der Waals surface area contributed by atoms with E-state index in [0.29, 0.717) is 11.1 Å². The van der Waals surface area contributed by atoms with Crippen molar-refractivity contribution in [2.75, 3.05) is 0 Å². The smallest absolute Gasteiger partial charge is 0.236 e. The van der Waals surface area contributed by atoms with E-state index in [0.717, 1.165) is 6.07 Å². The van der Waals surface area contributed by atoms with Crippen molar-refractivity contribution in [3.8, 4) is 12.1 Å². The number of alkyl halides is 3. The van der Waals surface area contributed by atoms with Gasteiger partial charge in [0.2, 0.25) is 0 Å². The fourth-order valence-corrected chi connectivity index (χ4v) is 1.54. The molecule has 0 radical (unpaired) electrons. The van der Waals surface area contributed by atoms with Gasteiger partial charge < -0.3 is 0 Å². The van der Waals surface area contributed by atoms with Crippen LogP contribution in [-0.4, -0.2) is 4.98 Å². The quantitative estimate of drug-likeness (QED) is 0.765. The Bertz CT molecular complexity index is 474. The Balaban J connectivity index is 3.40. The number of nitriles is 2. The zero-order valence-corrected chi connectivity index (χ0v) is 8.80. The molecule has 0 unspecified atom stereocenters. The van der Waals surface area contributed by atoms with E-state index < -0.39 is 12.1 Å². The van der Waals surface area contributed by atoms with Crippen molar-refractivity contribution in [3.05, 3.63) is 28.6 Å². The molecule has 0 spiro atoms. The van der Waals surface area contributed by atoms with Gasteiger partial charge in [-0.2, -0.15) is 10.5 Å². The van der Waals surface area contributed by atoms with E-state index in [9.17, 15) is 8.78 Å². The Morgan fingerprint density at radius 2 is 2.12 bits per heavy atom. The van der Waals surface area contributed by atoms with Gasteiger partial charge in [-0.25, -0.2) is 13.8 Å². The molecule has 1 aromatic rings. The van der Waals surface area contributed by atoms with Gasteiger partial charge in [-0.15, -0.1) is 11.6 Å². The molecule has 0 aliphatic heterocycles. The van der Waals surface area contributed by atoms with Gasteiger partial charge in [-0.05, 0) is 11.6 Å². The third kappa shape index (κ3) is 2.44. The number of hydrogen-bond acceptors (Lipinski definition) is 3. The topological polar surface area (TPSA) is 60.5 Å². The molecule has 1 heterocycles. The van der Waals surface area contributed by atoms with E-state index in [1.54, 1.807) is 6.07 Å². The monoisotopic (exact) mass is 241 g/mol. The van der Waals surface area contributed by atoms with Gasteiger partial charge >= 0.3 is 0 Å². The first-order chi connectivity index (χ1) is 7.63. The first-order valence-electron chi connectivity index (χ1n) is 4.27. The van der Waals surface area contributed by atoms with Gasteiger partial charge in [0.25, 0.3) is 6.43 Å². The molecule has 0 aliphatic rings. The van der Waals surface area contributed by atoms with Gasteiger partial charge in [0.05, 0.1) is 18.4 Å². The molecule has 0 aromatic carbocycles. The van der Waals surface area contributed by atoms with Gasteiger partial charge in [0.1, 0.15) is 17.5 Å². The Morgan fingerprint density at radius 1 is 1.44 bits per heavy atom. The maximum atomic E-state index is 12.5. The van der Waals surface area contributed by atoms with Crippen LogP contribution in [0.2, 0.25) is 0 Å². The lowest BCUT2D eigenvalue weighted by atomic mass is 10.0. The fourth-order valence-electron chi connectivity index (χ4n) is 1.24. The minimum Gasteiger partial charge on any atom is -0.236 e. The van der Waals surface area contributed by atoms with Crippen molar-refractivity contribution < 1.29 is 8.78 Å². The second kappa shape index (κ2) is 5.39. The van der Waals surface area contributed by atoms with Crippen LogP contribution in [0.1, 0.15) is 28.9 Å². The highest BCUT2D eigenvalue weighted by molar-refractivity contribution is 6.17. The van der Waals surface area contributed by atoms with Crippen LogP contribution < -0.4 is 0 Å². The standard InChI is InChI=1S/C10H6ClF2N3/c11-4-7-6(1-2-14)3-8(10(12)13)16-9(7)5-15/h3,10H,1,4H2. The maximum Gasteiger partial charge on any atom is 0.280 e. The summed E-state index contributed by atoms with van der Waals surface area (Å²) in [5.41, 5.74) is 0.0307. The van der Waals surface area contributed by atoms with E-state index in [-0.39, 0.29) is 18.0 Å².